The Morgan fingerprint density at radius 3 is 2.29 bits per heavy atom. The van der Waals surface area contributed by atoms with Gasteiger partial charge >= 0.3 is 0 Å². The zero-order valence-corrected chi connectivity index (χ0v) is 19.7. The van der Waals surface area contributed by atoms with Crippen LogP contribution in [0.25, 0.3) is 5.69 Å². The van der Waals surface area contributed by atoms with Gasteiger partial charge in [-0.2, -0.15) is 0 Å². The van der Waals surface area contributed by atoms with E-state index in [2.05, 4.69) is 25.6 Å². The molecule has 1 heterocycles. The van der Waals surface area contributed by atoms with E-state index < -0.39 is 10.0 Å². The van der Waals surface area contributed by atoms with Crippen molar-refractivity contribution < 1.29 is 22.7 Å². The molecule has 0 unspecified atom stereocenters. The molecule has 35 heavy (non-hydrogen) atoms. The number of hydrogen-bond donors (Lipinski definition) is 2. The van der Waals surface area contributed by atoms with E-state index in [0.29, 0.717) is 17.1 Å². The molecule has 0 radical (unpaired) electrons. The van der Waals surface area contributed by atoms with Crippen LogP contribution in [0.4, 0.5) is 11.4 Å². The molecule has 0 aliphatic carbocycles. The normalized spacial score (nSPS) is 11.0. The molecule has 3 aromatic carbocycles. The first-order valence-corrected chi connectivity index (χ1v) is 11.8. The number of hydrogen-bond acceptors (Lipinski definition) is 8. The van der Waals surface area contributed by atoms with Gasteiger partial charge in [-0.3, -0.25) is 9.52 Å². The van der Waals surface area contributed by atoms with Crippen LogP contribution in [0.15, 0.2) is 78.0 Å². The number of rotatable bonds is 9. The molecule has 0 aliphatic heterocycles. The number of methoxy groups -OCH3 is 2. The van der Waals surface area contributed by atoms with Crippen LogP contribution < -0.4 is 19.5 Å². The molecule has 0 fully saturated rings. The maximum atomic E-state index is 13.0. The van der Waals surface area contributed by atoms with Crippen molar-refractivity contribution >= 4 is 27.3 Å². The van der Waals surface area contributed by atoms with Crippen LogP contribution in [0.3, 0.4) is 0 Å². The Morgan fingerprint density at radius 2 is 1.66 bits per heavy atom. The first-order chi connectivity index (χ1) is 16.9. The van der Waals surface area contributed by atoms with Crippen molar-refractivity contribution in [2.24, 2.45) is 0 Å². The summed E-state index contributed by atoms with van der Waals surface area (Å²) in [5.74, 6) is 0.430. The second-order valence-corrected chi connectivity index (χ2v) is 9.00. The molecular weight excluding hydrogens is 472 g/mol. The lowest BCUT2D eigenvalue weighted by Gasteiger charge is -2.14. The summed E-state index contributed by atoms with van der Waals surface area (Å²) in [4.78, 5) is 12.5. The van der Waals surface area contributed by atoms with Crippen LogP contribution in [0.1, 0.15) is 5.56 Å². The number of benzene rings is 3. The Bertz CT molecular complexity index is 1410. The van der Waals surface area contributed by atoms with Crippen LogP contribution in [0.2, 0.25) is 0 Å². The fourth-order valence-electron chi connectivity index (χ4n) is 3.27. The highest BCUT2D eigenvalue weighted by Gasteiger charge is 2.21. The number of tetrazole rings is 1. The number of ether oxygens (including phenoxy) is 2. The third-order valence-electron chi connectivity index (χ3n) is 4.99. The van der Waals surface area contributed by atoms with E-state index >= 15 is 0 Å². The molecule has 1 aromatic heterocycles. The number of sulfonamides is 1. The minimum absolute atomic E-state index is 0.0914. The summed E-state index contributed by atoms with van der Waals surface area (Å²) in [5.41, 5.74) is 2.19. The molecule has 2 N–H and O–H groups in total. The molecule has 0 saturated carbocycles. The van der Waals surface area contributed by atoms with Gasteiger partial charge in [-0.1, -0.05) is 12.1 Å². The monoisotopic (exact) mass is 494 g/mol. The maximum Gasteiger partial charge on any atom is 0.265 e. The summed E-state index contributed by atoms with van der Waals surface area (Å²) in [5, 5.41) is 13.7. The Balaban J connectivity index is 1.48. The molecular formula is C23H22N6O5S. The second kappa shape index (κ2) is 10.2. The molecule has 0 aliphatic rings. The fourth-order valence-corrected chi connectivity index (χ4v) is 4.53. The summed E-state index contributed by atoms with van der Waals surface area (Å²) in [6.45, 7) is 0. The van der Waals surface area contributed by atoms with E-state index in [0.717, 1.165) is 11.3 Å². The average molecular weight is 495 g/mol. The van der Waals surface area contributed by atoms with Crippen molar-refractivity contribution in [3.05, 3.63) is 78.6 Å². The Labute approximate surface area is 201 Å². The minimum atomic E-state index is -4.00. The first-order valence-electron chi connectivity index (χ1n) is 10.3. The van der Waals surface area contributed by atoms with Gasteiger partial charge in [0.05, 0.1) is 26.3 Å². The van der Waals surface area contributed by atoms with Gasteiger partial charge < -0.3 is 14.8 Å². The van der Waals surface area contributed by atoms with Crippen LogP contribution >= 0.6 is 0 Å². The number of nitrogens with zero attached hydrogens (tertiary/aromatic N) is 4. The molecule has 0 saturated heterocycles. The third-order valence-corrected chi connectivity index (χ3v) is 6.40. The van der Waals surface area contributed by atoms with Crippen molar-refractivity contribution in [2.75, 3.05) is 24.3 Å². The van der Waals surface area contributed by atoms with Crippen molar-refractivity contribution in [1.82, 2.24) is 20.2 Å². The van der Waals surface area contributed by atoms with Crippen molar-refractivity contribution in [3.8, 4) is 17.2 Å². The number of carbonyl (C=O) groups excluding carboxylic acids is 1. The van der Waals surface area contributed by atoms with Gasteiger partial charge in [-0.15, -0.1) is 5.10 Å². The quantitative estimate of drug-likeness (QED) is 0.362. The van der Waals surface area contributed by atoms with Crippen molar-refractivity contribution in [2.45, 2.75) is 11.3 Å². The molecule has 11 nitrogen and oxygen atoms in total. The van der Waals surface area contributed by atoms with E-state index in [1.54, 1.807) is 54.6 Å². The predicted octanol–water partition coefficient (Wildman–Crippen LogP) is 2.66. The number of nitrogens with one attached hydrogen (secondary N) is 2. The van der Waals surface area contributed by atoms with E-state index in [1.165, 1.54) is 37.4 Å². The summed E-state index contributed by atoms with van der Waals surface area (Å²) in [6, 6.07) is 18.0. The Kier molecular flexibility index (Phi) is 6.92. The fraction of sp³-hybridized carbons (Fsp3) is 0.130. The van der Waals surface area contributed by atoms with E-state index in [4.69, 9.17) is 9.47 Å². The highest BCUT2D eigenvalue weighted by molar-refractivity contribution is 7.92. The van der Waals surface area contributed by atoms with E-state index in [1.807, 2.05) is 0 Å². The molecule has 0 bridgehead atoms. The predicted molar refractivity (Wildman–Crippen MR) is 128 cm³/mol. The average Bonchev–Trinajstić information content (AvgIpc) is 3.40. The SMILES string of the molecule is COc1ccc(NS(=O)(=O)c2cc(NC(=O)Cc3ccc(-n4cnnn4)cc3)ccc2OC)cc1. The van der Waals surface area contributed by atoms with Gasteiger partial charge in [0, 0.05) is 11.4 Å². The summed E-state index contributed by atoms with van der Waals surface area (Å²) < 4.78 is 40.4. The zero-order valence-electron chi connectivity index (χ0n) is 18.9. The number of aromatic nitrogens is 4. The summed E-state index contributed by atoms with van der Waals surface area (Å²) in [6.07, 6.45) is 1.56. The highest BCUT2D eigenvalue weighted by Crippen LogP contribution is 2.29. The standard InChI is InChI=1S/C23H22N6O5S/c1-33-20-10-5-17(6-11-20)26-35(31,32)22-14-18(7-12-21(22)34-2)25-23(30)13-16-3-8-19(9-4-16)29-15-24-27-28-29/h3-12,14-15,26H,13H2,1-2H3,(H,25,30). The molecule has 12 heteroatoms. The van der Waals surface area contributed by atoms with Crippen LogP contribution in [0.5, 0.6) is 11.5 Å². The van der Waals surface area contributed by atoms with Crippen LogP contribution in [-0.4, -0.2) is 48.8 Å². The van der Waals surface area contributed by atoms with E-state index in [-0.39, 0.29) is 23.0 Å². The largest absolute Gasteiger partial charge is 0.497 e. The molecule has 4 rings (SSSR count). The lowest BCUT2D eigenvalue weighted by atomic mass is 10.1. The van der Waals surface area contributed by atoms with E-state index in [9.17, 15) is 13.2 Å². The second-order valence-electron chi connectivity index (χ2n) is 7.35. The zero-order chi connectivity index (χ0) is 24.8. The topological polar surface area (TPSA) is 137 Å². The van der Waals surface area contributed by atoms with Gasteiger partial charge in [0.25, 0.3) is 10.0 Å². The van der Waals surface area contributed by atoms with Crippen molar-refractivity contribution in [3.63, 3.8) is 0 Å². The van der Waals surface area contributed by atoms with Gasteiger partial charge in [-0.25, -0.2) is 13.1 Å². The number of anilines is 2. The van der Waals surface area contributed by atoms with Crippen molar-refractivity contribution in [1.29, 1.82) is 0 Å². The molecule has 4 aromatic rings. The Morgan fingerprint density at radius 1 is 0.943 bits per heavy atom. The molecule has 0 spiro atoms. The summed E-state index contributed by atoms with van der Waals surface area (Å²) >= 11 is 0. The molecule has 0 atom stereocenters. The van der Waals surface area contributed by atoms with Gasteiger partial charge in [0.2, 0.25) is 5.91 Å². The number of carbonyl (C=O) groups is 1. The maximum absolute atomic E-state index is 13.0. The van der Waals surface area contributed by atoms with Crippen LogP contribution in [-0.2, 0) is 21.2 Å². The molecule has 1 amide bonds. The van der Waals surface area contributed by atoms with Gasteiger partial charge in [0.15, 0.2) is 0 Å². The summed E-state index contributed by atoms with van der Waals surface area (Å²) in [7, 11) is -1.11. The Hall–Kier alpha value is -4.45. The minimum Gasteiger partial charge on any atom is -0.497 e. The smallest absolute Gasteiger partial charge is 0.265 e. The third kappa shape index (κ3) is 5.73. The highest BCUT2D eigenvalue weighted by atomic mass is 32.2. The first kappa shape index (κ1) is 23.7. The lowest BCUT2D eigenvalue weighted by molar-refractivity contribution is -0.115. The van der Waals surface area contributed by atoms with Gasteiger partial charge in [-0.05, 0) is 70.6 Å². The lowest BCUT2D eigenvalue weighted by Crippen LogP contribution is -2.17. The van der Waals surface area contributed by atoms with Gasteiger partial charge in [0.1, 0.15) is 22.7 Å². The van der Waals surface area contributed by atoms with Crippen LogP contribution in [0, 0.1) is 0 Å². The number of amides is 1. The molecule has 180 valence electrons.